The summed E-state index contributed by atoms with van der Waals surface area (Å²) in [7, 11) is 0. The number of rotatable bonds is 4. The fourth-order valence-electron chi connectivity index (χ4n) is 6.73. The van der Waals surface area contributed by atoms with Gasteiger partial charge in [-0.2, -0.15) is 0 Å². The molecule has 44 heavy (non-hydrogen) atoms. The van der Waals surface area contributed by atoms with Crippen molar-refractivity contribution in [1.82, 2.24) is 0 Å². The summed E-state index contributed by atoms with van der Waals surface area (Å²) < 4.78 is 6.62. The fourth-order valence-corrected chi connectivity index (χ4v) is 6.73. The summed E-state index contributed by atoms with van der Waals surface area (Å²) in [6, 6.07) is 58.5. The predicted octanol–water partition coefficient (Wildman–Crippen LogP) is 12.2. The van der Waals surface area contributed by atoms with Gasteiger partial charge in [0.15, 0.2) is 0 Å². The molecule has 2 nitrogen and oxygen atoms in total. The molecule has 0 bridgehead atoms. The maximum atomic E-state index is 6.62. The molecule has 0 saturated carbocycles. The van der Waals surface area contributed by atoms with Crippen LogP contribution in [0.1, 0.15) is 0 Å². The molecule has 0 saturated heterocycles. The Kier molecular flexibility index (Phi) is 5.54. The normalized spacial score (nSPS) is 11.6. The van der Waals surface area contributed by atoms with Gasteiger partial charge in [-0.25, -0.2) is 0 Å². The van der Waals surface area contributed by atoms with Gasteiger partial charge in [-0.05, 0) is 80.5 Å². The van der Waals surface area contributed by atoms with Gasteiger partial charge in [0.1, 0.15) is 11.2 Å². The van der Waals surface area contributed by atoms with E-state index in [-0.39, 0.29) is 0 Å². The van der Waals surface area contributed by atoms with Crippen molar-refractivity contribution in [2.75, 3.05) is 4.90 Å². The minimum Gasteiger partial charge on any atom is -0.455 e. The molecule has 0 atom stereocenters. The summed E-state index contributed by atoms with van der Waals surface area (Å²) in [5, 5.41) is 9.52. The van der Waals surface area contributed by atoms with Crippen molar-refractivity contribution in [1.29, 1.82) is 0 Å². The Balaban J connectivity index is 1.29. The largest absolute Gasteiger partial charge is 0.455 e. The predicted molar refractivity (Wildman–Crippen MR) is 186 cm³/mol. The van der Waals surface area contributed by atoms with Crippen LogP contribution in [-0.2, 0) is 0 Å². The highest BCUT2D eigenvalue weighted by molar-refractivity contribution is 6.30. The average molecular weight is 562 g/mol. The van der Waals surface area contributed by atoms with Crippen LogP contribution in [0.2, 0.25) is 0 Å². The van der Waals surface area contributed by atoms with E-state index < -0.39 is 0 Å². The maximum Gasteiger partial charge on any atom is 0.143 e. The van der Waals surface area contributed by atoms with E-state index in [1.165, 1.54) is 38.1 Å². The average Bonchev–Trinajstić information content (AvgIpc) is 3.49. The highest BCUT2D eigenvalue weighted by atomic mass is 16.3. The molecule has 0 radical (unpaired) electrons. The molecule has 0 N–H and O–H groups in total. The highest BCUT2D eigenvalue weighted by Gasteiger charge is 2.19. The Morgan fingerprint density at radius 3 is 1.73 bits per heavy atom. The van der Waals surface area contributed by atoms with Crippen LogP contribution in [0.3, 0.4) is 0 Å². The molecule has 206 valence electrons. The van der Waals surface area contributed by atoms with E-state index in [9.17, 15) is 0 Å². The standard InChI is InChI=1S/C42H27NO/c1-2-10-28(11-3-1)30-18-21-32(22-19-30)43(33-23-20-29-12-4-5-13-31(29)26-33)34-24-25-40-39(27-34)41-37-16-8-6-14-35(37)36-15-7-9-17-38(36)42(41)44-40/h1-27H. The summed E-state index contributed by atoms with van der Waals surface area (Å²) in [6.07, 6.45) is 0. The van der Waals surface area contributed by atoms with Gasteiger partial charge in [0.05, 0.1) is 0 Å². The summed E-state index contributed by atoms with van der Waals surface area (Å²) in [5.74, 6) is 0. The number of nitrogens with zero attached hydrogens (tertiary/aromatic N) is 1. The Morgan fingerprint density at radius 1 is 0.364 bits per heavy atom. The molecule has 0 spiro atoms. The Labute approximate surface area is 255 Å². The quantitative estimate of drug-likeness (QED) is 0.199. The molecule has 1 heterocycles. The summed E-state index contributed by atoms with van der Waals surface area (Å²) in [4.78, 5) is 2.35. The van der Waals surface area contributed by atoms with Gasteiger partial charge < -0.3 is 9.32 Å². The molecule has 0 aliphatic carbocycles. The van der Waals surface area contributed by atoms with Crippen molar-refractivity contribution in [3.8, 4) is 11.1 Å². The first kappa shape index (κ1) is 24.7. The van der Waals surface area contributed by atoms with Crippen molar-refractivity contribution in [2.24, 2.45) is 0 Å². The van der Waals surface area contributed by atoms with E-state index in [2.05, 4.69) is 169 Å². The first-order chi connectivity index (χ1) is 21.8. The second-order valence-corrected chi connectivity index (χ2v) is 11.4. The third-order valence-corrected chi connectivity index (χ3v) is 8.81. The molecule has 0 fully saturated rings. The molecular formula is C42H27NO. The van der Waals surface area contributed by atoms with Crippen molar-refractivity contribution in [2.45, 2.75) is 0 Å². The van der Waals surface area contributed by atoms with Gasteiger partial charge in [-0.15, -0.1) is 0 Å². The van der Waals surface area contributed by atoms with Crippen LogP contribution in [-0.4, -0.2) is 0 Å². The topological polar surface area (TPSA) is 16.4 Å². The van der Waals surface area contributed by atoms with Crippen molar-refractivity contribution in [3.05, 3.63) is 164 Å². The highest BCUT2D eigenvalue weighted by Crippen LogP contribution is 2.44. The SMILES string of the molecule is c1ccc(-c2ccc(N(c3ccc4ccccc4c3)c3ccc4oc5c6ccccc6c6ccccc6c5c4c3)cc2)cc1. The molecule has 0 aliphatic rings. The molecule has 0 aliphatic heterocycles. The number of fused-ring (bicyclic) bond motifs is 9. The third-order valence-electron chi connectivity index (χ3n) is 8.81. The van der Waals surface area contributed by atoms with E-state index in [1.807, 2.05) is 0 Å². The maximum absolute atomic E-state index is 6.62. The smallest absolute Gasteiger partial charge is 0.143 e. The van der Waals surface area contributed by atoms with E-state index in [4.69, 9.17) is 4.42 Å². The van der Waals surface area contributed by atoms with Crippen LogP contribution in [0.15, 0.2) is 168 Å². The van der Waals surface area contributed by atoms with E-state index in [1.54, 1.807) is 0 Å². The van der Waals surface area contributed by atoms with Crippen molar-refractivity contribution >= 4 is 71.3 Å². The molecular weight excluding hydrogens is 534 g/mol. The van der Waals surface area contributed by atoms with Crippen LogP contribution >= 0.6 is 0 Å². The molecule has 9 rings (SSSR count). The number of anilines is 3. The molecule has 0 unspecified atom stereocenters. The fraction of sp³-hybridized carbons (Fsp3) is 0. The molecule has 9 aromatic rings. The second kappa shape index (κ2) is 9.86. The van der Waals surface area contributed by atoms with Crippen LogP contribution in [0.5, 0.6) is 0 Å². The second-order valence-electron chi connectivity index (χ2n) is 11.4. The third kappa shape index (κ3) is 3.89. The van der Waals surface area contributed by atoms with Crippen LogP contribution in [0.25, 0.3) is 65.4 Å². The van der Waals surface area contributed by atoms with E-state index >= 15 is 0 Å². The lowest BCUT2D eigenvalue weighted by atomic mass is 9.97. The Bertz CT molecular complexity index is 2490. The van der Waals surface area contributed by atoms with Gasteiger partial charge in [0, 0.05) is 33.2 Å². The van der Waals surface area contributed by atoms with E-state index in [0.717, 1.165) is 44.4 Å². The zero-order valence-electron chi connectivity index (χ0n) is 23.9. The molecule has 1 aromatic heterocycles. The molecule has 2 heteroatoms. The lowest BCUT2D eigenvalue weighted by Gasteiger charge is -2.26. The van der Waals surface area contributed by atoms with Gasteiger partial charge in [-0.1, -0.05) is 121 Å². The monoisotopic (exact) mass is 561 g/mol. The first-order valence-electron chi connectivity index (χ1n) is 15.0. The van der Waals surface area contributed by atoms with Gasteiger partial charge in [0.2, 0.25) is 0 Å². The number of hydrogen-bond acceptors (Lipinski definition) is 2. The van der Waals surface area contributed by atoms with Gasteiger partial charge in [-0.3, -0.25) is 0 Å². The Hall–Kier alpha value is -5.86. The minimum absolute atomic E-state index is 0.892. The lowest BCUT2D eigenvalue weighted by Crippen LogP contribution is -2.09. The summed E-state index contributed by atoms with van der Waals surface area (Å²) in [5.41, 5.74) is 7.53. The Morgan fingerprint density at radius 2 is 0.932 bits per heavy atom. The zero-order valence-corrected chi connectivity index (χ0v) is 23.9. The van der Waals surface area contributed by atoms with Crippen molar-refractivity contribution < 1.29 is 4.42 Å². The summed E-state index contributed by atoms with van der Waals surface area (Å²) >= 11 is 0. The lowest BCUT2D eigenvalue weighted by molar-refractivity contribution is 0.673. The van der Waals surface area contributed by atoms with Crippen LogP contribution in [0.4, 0.5) is 17.1 Å². The van der Waals surface area contributed by atoms with Crippen molar-refractivity contribution in [3.63, 3.8) is 0 Å². The number of furan rings is 1. The number of benzene rings is 8. The van der Waals surface area contributed by atoms with E-state index in [0.29, 0.717) is 0 Å². The van der Waals surface area contributed by atoms with Gasteiger partial charge >= 0.3 is 0 Å². The van der Waals surface area contributed by atoms with Crippen LogP contribution in [0, 0.1) is 0 Å². The minimum atomic E-state index is 0.892. The number of hydrogen-bond donors (Lipinski definition) is 0. The van der Waals surface area contributed by atoms with Gasteiger partial charge in [0.25, 0.3) is 0 Å². The van der Waals surface area contributed by atoms with Crippen LogP contribution < -0.4 is 4.90 Å². The molecule has 0 amide bonds. The summed E-state index contributed by atoms with van der Waals surface area (Å²) in [6.45, 7) is 0. The first-order valence-corrected chi connectivity index (χ1v) is 15.0. The molecule has 8 aromatic carbocycles. The zero-order chi connectivity index (χ0) is 29.0.